The van der Waals surface area contributed by atoms with Crippen molar-refractivity contribution in [2.45, 2.75) is 60.5 Å². The van der Waals surface area contributed by atoms with Crippen molar-refractivity contribution in [3.63, 3.8) is 0 Å². The predicted octanol–water partition coefficient (Wildman–Crippen LogP) is 2.82. The third-order valence-corrected chi connectivity index (χ3v) is 4.87. The van der Waals surface area contributed by atoms with Crippen molar-refractivity contribution >= 4 is 17.8 Å². The quantitative estimate of drug-likeness (QED) is 0.582. The van der Waals surface area contributed by atoms with Crippen LogP contribution in [0.15, 0.2) is 30.3 Å². The molecule has 1 atom stereocenters. The maximum absolute atomic E-state index is 12.7. The lowest BCUT2D eigenvalue weighted by molar-refractivity contribution is -0.147. The van der Waals surface area contributed by atoms with Crippen LogP contribution in [0.4, 0.5) is 0 Å². The number of aromatic nitrogens is 2. The van der Waals surface area contributed by atoms with E-state index in [1.807, 2.05) is 62.7 Å². The molecule has 0 aliphatic heterocycles. The van der Waals surface area contributed by atoms with E-state index in [4.69, 9.17) is 4.74 Å². The summed E-state index contributed by atoms with van der Waals surface area (Å²) < 4.78 is 7.02. The third kappa shape index (κ3) is 7.21. The van der Waals surface area contributed by atoms with Crippen LogP contribution in [0.2, 0.25) is 0 Å². The molecule has 2 rings (SSSR count). The Hall–Kier alpha value is -3.16. The summed E-state index contributed by atoms with van der Waals surface area (Å²) in [6, 6.07) is 8.85. The molecule has 1 aromatic carbocycles. The van der Waals surface area contributed by atoms with Crippen molar-refractivity contribution in [2.24, 2.45) is 5.41 Å². The highest BCUT2D eigenvalue weighted by Crippen LogP contribution is 2.24. The molecule has 0 spiro atoms. The second-order valence-electron chi connectivity index (χ2n) is 8.99. The zero-order valence-corrected chi connectivity index (χ0v) is 19.8. The summed E-state index contributed by atoms with van der Waals surface area (Å²) in [4.78, 5) is 37.3. The molecular formula is C24H34N4O4. The Labute approximate surface area is 189 Å². The Kier molecular flexibility index (Phi) is 8.57. The van der Waals surface area contributed by atoms with E-state index in [2.05, 4.69) is 15.7 Å². The van der Waals surface area contributed by atoms with Gasteiger partial charge in [-0.05, 0) is 31.7 Å². The maximum atomic E-state index is 12.7. The molecule has 8 nitrogen and oxygen atoms in total. The second-order valence-corrected chi connectivity index (χ2v) is 8.99. The van der Waals surface area contributed by atoms with Crippen LogP contribution in [0.25, 0.3) is 0 Å². The minimum atomic E-state index is -1.01. The third-order valence-electron chi connectivity index (χ3n) is 4.87. The number of aryl methyl sites for hydroxylation is 1. The van der Waals surface area contributed by atoms with Crippen molar-refractivity contribution in [3.8, 4) is 0 Å². The maximum Gasteiger partial charge on any atom is 0.333 e. The number of hydrogen-bond acceptors (Lipinski definition) is 5. The minimum absolute atomic E-state index is 0.184. The van der Waals surface area contributed by atoms with Crippen LogP contribution in [-0.4, -0.2) is 40.7 Å². The van der Waals surface area contributed by atoms with Gasteiger partial charge in [0.25, 0.3) is 0 Å². The fourth-order valence-corrected chi connectivity index (χ4v) is 3.45. The summed E-state index contributed by atoms with van der Waals surface area (Å²) in [6.07, 6.45) is 0.298. The van der Waals surface area contributed by atoms with Crippen LogP contribution in [0.5, 0.6) is 0 Å². The van der Waals surface area contributed by atoms with Crippen molar-refractivity contribution in [1.29, 1.82) is 0 Å². The first kappa shape index (κ1) is 25.1. The number of esters is 1. The molecule has 2 amide bonds. The molecular weight excluding hydrogens is 408 g/mol. The highest BCUT2D eigenvalue weighted by Gasteiger charge is 2.30. The van der Waals surface area contributed by atoms with Crippen LogP contribution in [0.1, 0.15) is 62.7 Å². The highest BCUT2D eigenvalue weighted by molar-refractivity contribution is 5.89. The fraction of sp³-hybridized carbons (Fsp3) is 0.500. The lowest BCUT2D eigenvalue weighted by atomic mass is 9.92. The van der Waals surface area contributed by atoms with Crippen LogP contribution in [-0.2, 0) is 25.7 Å². The molecule has 0 saturated carbocycles. The zero-order chi connectivity index (χ0) is 23.9. The molecule has 1 heterocycles. The van der Waals surface area contributed by atoms with E-state index in [1.165, 1.54) is 0 Å². The fourth-order valence-electron chi connectivity index (χ4n) is 3.45. The van der Waals surface area contributed by atoms with Gasteiger partial charge in [-0.3, -0.25) is 14.3 Å². The topological polar surface area (TPSA) is 102 Å². The summed E-state index contributed by atoms with van der Waals surface area (Å²) in [5.41, 5.74) is 2.89. The van der Waals surface area contributed by atoms with Gasteiger partial charge in [0.05, 0.1) is 25.4 Å². The molecule has 2 N–H and O–H groups in total. The molecule has 8 heteroatoms. The van der Waals surface area contributed by atoms with E-state index >= 15 is 0 Å². The van der Waals surface area contributed by atoms with Crippen molar-refractivity contribution < 1.29 is 19.1 Å². The molecule has 1 aromatic heterocycles. The van der Waals surface area contributed by atoms with Gasteiger partial charge in [-0.2, -0.15) is 5.10 Å². The van der Waals surface area contributed by atoms with Crippen molar-refractivity contribution in [3.05, 3.63) is 52.8 Å². The Balaban J connectivity index is 2.19. The van der Waals surface area contributed by atoms with Gasteiger partial charge >= 0.3 is 5.97 Å². The normalized spacial score (nSPS) is 12.2. The number of hydrogen-bond donors (Lipinski definition) is 2. The summed E-state index contributed by atoms with van der Waals surface area (Å²) in [5, 5.41) is 9.90. The van der Waals surface area contributed by atoms with Crippen LogP contribution < -0.4 is 10.6 Å². The summed E-state index contributed by atoms with van der Waals surface area (Å²) in [5.74, 6) is -1.25. The van der Waals surface area contributed by atoms with E-state index in [1.54, 1.807) is 13.8 Å². The average molecular weight is 443 g/mol. The number of carbonyl (C=O) groups excluding carboxylic acids is 3. The van der Waals surface area contributed by atoms with Gasteiger partial charge in [-0.15, -0.1) is 0 Å². The Morgan fingerprint density at radius 3 is 2.34 bits per heavy atom. The first-order chi connectivity index (χ1) is 15.0. The number of rotatable bonds is 9. The number of carbonyl (C=O) groups is 3. The summed E-state index contributed by atoms with van der Waals surface area (Å²) in [6.45, 7) is 11.7. The number of ether oxygens (including phenoxy) is 1. The zero-order valence-electron chi connectivity index (χ0n) is 19.8. The van der Waals surface area contributed by atoms with Gasteiger partial charge in [0, 0.05) is 17.7 Å². The Morgan fingerprint density at radius 1 is 1.09 bits per heavy atom. The number of amides is 2. The predicted molar refractivity (Wildman–Crippen MR) is 122 cm³/mol. The summed E-state index contributed by atoms with van der Waals surface area (Å²) in [7, 11) is 0. The van der Waals surface area contributed by atoms with Gasteiger partial charge in [0.2, 0.25) is 11.8 Å². The molecule has 0 saturated heterocycles. The standard InChI is InChI=1S/C24H34N4O4/c1-7-32-23(31)22(26-20(30)14-25-19(29)13-24(4,5)6)21-16(2)27-28(17(21)3)15-18-11-9-8-10-12-18/h8-12,22H,7,13-15H2,1-6H3,(H,25,29)(H,26,30)/t22-/m1/s1. The van der Waals surface area contributed by atoms with Gasteiger partial charge in [-0.25, -0.2) is 4.79 Å². The smallest absolute Gasteiger partial charge is 0.333 e. The largest absolute Gasteiger partial charge is 0.464 e. The highest BCUT2D eigenvalue weighted by atomic mass is 16.5. The Morgan fingerprint density at radius 2 is 1.75 bits per heavy atom. The van der Waals surface area contributed by atoms with E-state index in [9.17, 15) is 14.4 Å². The number of nitrogens with zero attached hydrogens (tertiary/aromatic N) is 2. The molecule has 0 unspecified atom stereocenters. The number of benzene rings is 1. The molecule has 2 aromatic rings. The van der Waals surface area contributed by atoms with Crippen molar-refractivity contribution in [1.82, 2.24) is 20.4 Å². The Bertz CT molecular complexity index is 945. The van der Waals surface area contributed by atoms with Gasteiger partial charge in [0.1, 0.15) is 0 Å². The summed E-state index contributed by atoms with van der Waals surface area (Å²) >= 11 is 0. The molecule has 0 aliphatic carbocycles. The van der Waals surface area contributed by atoms with Gasteiger partial charge in [0.15, 0.2) is 6.04 Å². The lowest BCUT2D eigenvalue weighted by Gasteiger charge is -2.20. The monoisotopic (exact) mass is 442 g/mol. The van der Waals surface area contributed by atoms with E-state index in [0.717, 1.165) is 11.3 Å². The molecule has 174 valence electrons. The first-order valence-corrected chi connectivity index (χ1v) is 10.8. The first-order valence-electron chi connectivity index (χ1n) is 10.8. The van der Waals surface area contributed by atoms with Gasteiger partial charge in [-0.1, -0.05) is 51.1 Å². The minimum Gasteiger partial charge on any atom is -0.464 e. The molecule has 0 bridgehead atoms. The lowest BCUT2D eigenvalue weighted by Crippen LogP contribution is -2.42. The second kappa shape index (κ2) is 10.9. The van der Waals surface area contributed by atoms with E-state index in [-0.39, 0.29) is 24.5 Å². The molecule has 32 heavy (non-hydrogen) atoms. The SMILES string of the molecule is CCOC(=O)[C@H](NC(=O)CNC(=O)CC(C)(C)C)c1c(C)nn(Cc2ccccc2)c1C. The van der Waals surface area contributed by atoms with E-state index in [0.29, 0.717) is 24.2 Å². The van der Waals surface area contributed by atoms with Gasteiger partial charge < -0.3 is 15.4 Å². The average Bonchev–Trinajstić information content (AvgIpc) is 2.97. The van der Waals surface area contributed by atoms with E-state index < -0.39 is 17.9 Å². The van der Waals surface area contributed by atoms with Crippen LogP contribution in [0.3, 0.4) is 0 Å². The number of nitrogens with one attached hydrogen (secondary N) is 2. The van der Waals surface area contributed by atoms with Crippen LogP contribution in [0, 0.1) is 19.3 Å². The van der Waals surface area contributed by atoms with Crippen molar-refractivity contribution in [2.75, 3.05) is 13.2 Å². The molecule has 0 fully saturated rings. The molecule has 0 aliphatic rings. The molecule has 0 radical (unpaired) electrons. The van der Waals surface area contributed by atoms with Crippen LogP contribution >= 0.6 is 0 Å².